The van der Waals surface area contributed by atoms with Crippen LogP contribution in [0, 0.1) is 5.82 Å². The minimum Gasteiger partial charge on any atom is -0.363 e. The number of hydrogen-bond donors (Lipinski definition) is 3. The van der Waals surface area contributed by atoms with E-state index in [-0.39, 0.29) is 10.6 Å². The summed E-state index contributed by atoms with van der Waals surface area (Å²) in [6.45, 7) is 0.513. The number of nitrogens with one attached hydrogen (secondary N) is 3. The first-order valence-corrected chi connectivity index (χ1v) is 8.00. The molecule has 0 aliphatic heterocycles. The summed E-state index contributed by atoms with van der Waals surface area (Å²) >= 11 is 3.12. The minimum atomic E-state index is -3.83. The molecule has 1 aromatic heterocycles. The van der Waals surface area contributed by atoms with Gasteiger partial charge < -0.3 is 10.3 Å². The molecule has 0 atom stereocenters. The first-order chi connectivity index (χ1) is 9.44. The van der Waals surface area contributed by atoms with Crippen molar-refractivity contribution in [3.05, 3.63) is 46.4 Å². The van der Waals surface area contributed by atoms with Crippen LogP contribution in [-0.2, 0) is 16.6 Å². The smallest absolute Gasteiger partial charge is 0.263 e. The molecule has 0 saturated heterocycles. The van der Waals surface area contributed by atoms with Crippen LogP contribution in [0.1, 0.15) is 5.69 Å². The van der Waals surface area contributed by atoms with Crippen molar-refractivity contribution in [3.63, 3.8) is 0 Å². The number of rotatable bonds is 5. The molecular formula is C12H13BrFN3O2S. The zero-order valence-corrected chi connectivity index (χ0v) is 13.0. The zero-order chi connectivity index (χ0) is 14.8. The third-order valence-electron chi connectivity index (χ3n) is 2.59. The number of aromatic amines is 1. The summed E-state index contributed by atoms with van der Waals surface area (Å²) in [7, 11) is -2.08. The van der Waals surface area contributed by atoms with Crippen LogP contribution < -0.4 is 10.0 Å². The Morgan fingerprint density at radius 3 is 2.80 bits per heavy atom. The highest BCUT2D eigenvalue weighted by Gasteiger charge is 2.19. The molecule has 0 fully saturated rings. The van der Waals surface area contributed by atoms with Gasteiger partial charge in [0.15, 0.2) is 0 Å². The van der Waals surface area contributed by atoms with Gasteiger partial charge in [-0.3, -0.25) is 4.72 Å². The van der Waals surface area contributed by atoms with Gasteiger partial charge in [0.1, 0.15) is 10.7 Å². The van der Waals surface area contributed by atoms with Crippen molar-refractivity contribution < 1.29 is 12.8 Å². The number of hydrogen-bond acceptors (Lipinski definition) is 3. The molecule has 0 amide bonds. The average molecular weight is 362 g/mol. The molecule has 0 saturated carbocycles. The summed E-state index contributed by atoms with van der Waals surface area (Å²) in [4.78, 5) is 2.89. The van der Waals surface area contributed by atoms with Gasteiger partial charge in [0.2, 0.25) is 0 Å². The number of aromatic nitrogens is 1. The SMILES string of the molecule is CNCc1cc(S(=O)(=O)Nc2c(F)cccc2Br)c[nH]1. The molecule has 8 heteroatoms. The predicted octanol–water partition coefficient (Wildman–Crippen LogP) is 2.44. The lowest BCUT2D eigenvalue weighted by Crippen LogP contribution is -2.13. The van der Waals surface area contributed by atoms with Crippen LogP contribution >= 0.6 is 15.9 Å². The van der Waals surface area contributed by atoms with E-state index >= 15 is 0 Å². The Morgan fingerprint density at radius 1 is 1.40 bits per heavy atom. The van der Waals surface area contributed by atoms with E-state index in [1.165, 1.54) is 24.4 Å². The van der Waals surface area contributed by atoms with Crippen molar-refractivity contribution in [1.29, 1.82) is 0 Å². The average Bonchev–Trinajstić information content (AvgIpc) is 2.84. The van der Waals surface area contributed by atoms with Crippen LogP contribution in [0.3, 0.4) is 0 Å². The van der Waals surface area contributed by atoms with Gasteiger partial charge in [0.25, 0.3) is 10.0 Å². The molecule has 1 heterocycles. The van der Waals surface area contributed by atoms with Crippen molar-refractivity contribution in [2.75, 3.05) is 11.8 Å². The Bertz CT molecular complexity index is 695. The highest BCUT2D eigenvalue weighted by Crippen LogP contribution is 2.27. The zero-order valence-electron chi connectivity index (χ0n) is 10.6. The second-order valence-corrected chi connectivity index (χ2v) is 6.63. The van der Waals surface area contributed by atoms with Gasteiger partial charge in [0.05, 0.1) is 5.69 Å². The Morgan fingerprint density at radius 2 is 2.15 bits per heavy atom. The second kappa shape index (κ2) is 5.94. The maximum absolute atomic E-state index is 13.6. The number of H-pyrrole nitrogens is 1. The fourth-order valence-corrected chi connectivity index (χ4v) is 3.33. The Hall–Kier alpha value is -1.38. The highest BCUT2D eigenvalue weighted by molar-refractivity contribution is 9.10. The van der Waals surface area contributed by atoms with Crippen molar-refractivity contribution in [3.8, 4) is 0 Å². The standard InChI is InChI=1S/C12H13BrFN3O2S/c1-15-6-8-5-9(7-16-8)20(18,19)17-12-10(13)3-2-4-11(12)14/h2-5,7,15-17H,6H2,1H3. The van der Waals surface area contributed by atoms with Gasteiger partial charge in [0, 0.05) is 22.9 Å². The lowest BCUT2D eigenvalue weighted by atomic mass is 10.3. The first-order valence-electron chi connectivity index (χ1n) is 5.73. The molecule has 1 aromatic carbocycles. The summed E-state index contributed by atoms with van der Waals surface area (Å²) in [6.07, 6.45) is 1.36. The summed E-state index contributed by atoms with van der Waals surface area (Å²) in [5.41, 5.74) is 0.615. The Balaban J connectivity index is 2.31. The molecule has 20 heavy (non-hydrogen) atoms. The van der Waals surface area contributed by atoms with Crippen LogP contribution in [0.25, 0.3) is 0 Å². The van der Waals surface area contributed by atoms with Crippen molar-refractivity contribution in [2.45, 2.75) is 11.4 Å². The molecule has 0 aliphatic carbocycles. The molecule has 5 nitrogen and oxygen atoms in total. The van der Waals surface area contributed by atoms with Crippen molar-refractivity contribution >= 4 is 31.6 Å². The van der Waals surface area contributed by atoms with Crippen LogP contribution in [0.5, 0.6) is 0 Å². The number of sulfonamides is 1. The van der Waals surface area contributed by atoms with E-state index < -0.39 is 15.8 Å². The molecule has 2 aromatic rings. The quantitative estimate of drug-likeness (QED) is 0.765. The van der Waals surface area contributed by atoms with Crippen LogP contribution in [0.15, 0.2) is 39.8 Å². The number of anilines is 1. The number of benzene rings is 1. The second-order valence-electron chi connectivity index (χ2n) is 4.09. The van der Waals surface area contributed by atoms with E-state index in [2.05, 4.69) is 31.0 Å². The predicted molar refractivity (Wildman–Crippen MR) is 78.5 cm³/mol. The normalized spacial score (nSPS) is 11.6. The lowest BCUT2D eigenvalue weighted by Gasteiger charge is -2.09. The summed E-state index contributed by atoms with van der Waals surface area (Å²) in [5.74, 6) is -0.645. The molecule has 0 aliphatic rings. The number of para-hydroxylation sites is 1. The number of halogens is 2. The van der Waals surface area contributed by atoms with E-state index in [4.69, 9.17) is 0 Å². The lowest BCUT2D eigenvalue weighted by molar-refractivity contribution is 0.598. The summed E-state index contributed by atoms with van der Waals surface area (Å²) in [5, 5.41) is 2.90. The monoisotopic (exact) mass is 361 g/mol. The first kappa shape index (κ1) is 15.0. The van der Waals surface area contributed by atoms with E-state index in [9.17, 15) is 12.8 Å². The van der Waals surface area contributed by atoms with Crippen LogP contribution in [0.4, 0.5) is 10.1 Å². The molecule has 0 unspecified atom stereocenters. The summed E-state index contributed by atoms with van der Waals surface area (Å²) < 4.78 is 40.6. The van der Waals surface area contributed by atoms with E-state index in [0.29, 0.717) is 11.0 Å². The van der Waals surface area contributed by atoms with Crippen molar-refractivity contribution in [2.24, 2.45) is 0 Å². The van der Waals surface area contributed by atoms with E-state index in [1.807, 2.05) is 0 Å². The summed E-state index contributed by atoms with van der Waals surface area (Å²) in [6, 6.07) is 5.72. The molecule has 0 radical (unpaired) electrons. The molecule has 2 rings (SSSR count). The largest absolute Gasteiger partial charge is 0.363 e. The molecule has 108 valence electrons. The molecule has 0 spiro atoms. The topological polar surface area (TPSA) is 74.0 Å². The van der Waals surface area contributed by atoms with Gasteiger partial charge >= 0.3 is 0 Å². The van der Waals surface area contributed by atoms with Gasteiger partial charge in [-0.25, -0.2) is 12.8 Å². The van der Waals surface area contributed by atoms with Gasteiger partial charge in [-0.2, -0.15) is 0 Å². The third kappa shape index (κ3) is 3.20. The van der Waals surface area contributed by atoms with Crippen LogP contribution in [-0.4, -0.2) is 20.4 Å². The van der Waals surface area contributed by atoms with Crippen molar-refractivity contribution in [1.82, 2.24) is 10.3 Å². The fraction of sp³-hybridized carbons (Fsp3) is 0.167. The molecule has 0 bridgehead atoms. The fourth-order valence-electron chi connectivity index (χ4n) is 1.66. The van der Waals surface area contributed by atoms with E-state index in [0.717, 1.165) is 5.69 Å². The molecular weight excluding hydrogens is 349 g/mol. The molecule has 3 N–H and O–H groups in total. The van der Waals surface area contributed by atoms with Gasteiger partial charge in [-0.05, 0) is 41.2 Å². The third-order valence-corrected chi connectivity index (χ3v) is 4.58. The highest BCUT2D eigenvalue weighted by atomic mass is 79.9. The van der Waals surface area contributed by atoms with Gasteiger partial charge in [-0.1, -0.05) is 6.07 Å². The maximum atomic E-state index is 13.6. The Kier molecular flexibility index (Phi) is 4.46. The minimum absolute atomic E-state index is 0.0536. The van der Waals surface area contributed by atoms with E-state index in [1.54, 1.807) is 13.1 Å². The van der Waals surface area contributed by atoms with Crippen LogP contribution in [0.2, 0.25) is 0 Å². The Labute approximate surface area is 124 Å². The van der Waals surface area contributed by atoms with Gasteiger partial charge in [-0.15, -0.1) is 0 Å². The maximum Gasteiger partial charge on any atom is 0.263 e.